The second-order valence-corrected chi connectivity index (χ2v) is 9.70. The molecule has 1 aliphatic carbocycles. The normalized spacial score (nSPS) is 14.6. The van der Waals surface area contributed by atoms with Crippen LogP contribution in [-0.2, 0) is 0 Å². The number of H-pyrrole nitrogens is 2. The summed E-state index contributed by atoms with van der Waals surface area (Å²) in [6.45, 7) is 10.3. The molecule has 0 saturated heterocycles. The third kappa shape index (κ3) is 4.34. The zero-order valence-corrected chi connectivity index (χ0v) is 21.5. The molecule has 0 radical (unpaired) electrons. The zero-order valence-electron chi connectivity index (χ0n) is 21.5. The Morgan fingerprint density at radius 1 is 1.05 bits per heavy atom. The van der Waals surface area contributed by atoms with E-state index < -0.39 is 0 Å². The minimum atomic E-state index is 0.558. The highest BCUT2D eigenvalue weighted by Gasteiger charge is 2.20. The minimum absolute atomic E-state index is 0.558. The van der Waals surface area contributed by atoms with Gasteiger partial charge in [0.05, 0.1) is 16.9 Å². The van der Waals surface area contributed by atoms with E-state index in [1.165, 1.54) is 19.3 Å². The lowest BCUT2D eigenvalue weighted by Crippen LogP contribution is -2.23. The number of allylic oxidation sites excluding steroid dienone is 5. The Balaban J connectivity index is 1.37. The number of nitrogens with one attached hydrogen (secondary N) is 3. The number of aromatic nitrogens is 5. The van der Waals surface area contributed by atoms with Crippen molar-refractivity contribution in [1.29, 1.82) is 0 Å². The number of nitrogens with zero attached hydrogens (tertiary/aromatic N) is 3. The van der Waals surface area contributed by atoms with E-state index in [1.54, 1.807) is 6.20 Å². The first-order chi connectivity index (χ1) is 18.6. The molecule has 0 unspecified atom stereocenters. The number of fused-ring (bicyclic) bond motifs is 2. The Morgan fingerprint density at radius 3 is 2.66 bits per heavy atom. The van der Waals surface area contributed by atoms with Gasteiger partial charge in [-0.25, -0.2) is 0 Å². The second kappa shape index (κ2) is 9.98. The predicted octanol–water partition coefficient (Wildman–Crippen LogP) is 7.54. The van der Waals surface area contributed by atoms with E-state index in [0.29, 0.717) is 5.92 Å². The van der Waals surface area contributed by atoms with Gasteiger partial charge in [0, 0.05) is 51.8 Å². The van der Waals surface area contributed by atoms with E-state index in [0.717, 1.165) is 67.0 Å². The Kier molecular flexibility index (Phi) is 6.22. The van der Waals surface area contributed by atoms with Crippen LogP contribution in [0.3, 0.4) is 0 Å². The van der Waals surface area contributed by atoms with Gasteiger partial charge in [0.25, 0.3) is 0 Å². The summed E-state index contributed by atoms with van der Waals surface area (Å²) in [4.78, 5) is 12.4. The van der Waals surface area contributed by atoms with Crippen LogP contribution in [0.5, 0.6) is 0 Å². The van der Waals surface area contributed by atoms with Crippen molar-refractivity contribution in [2.75, 3.05) is 0 Å². The largest absolute Gasteiger partial charge is 0.359 e. The molecule has 0 aliphatic heterocycles. The zero-order chi connectivity index (χ0) is 26.1. The first kappa shape index (κ1) is 23.7. The molecule has 5 aromatic rings. The summed E-state index contributed by atoms with van der Waals surface area (Å²) >= 11 is 0. The fourth-order valence-corrected chi connectivity index (χ4v) is 5.00. The highest BCUT2D eigenvalue weighted by atomic mass is 15.1. The number of pyridine rings is 2. The van der Waals surface area contributed by atoms with E-state index in [9.17, 15) is 0 Å². The van der Waals surface area contributed by atoms with Gasteiger partial charge in [-0.3, -0.25) is 15.1 Å². The van der Waals surface area contributed by atoms with Crippen molar-refractivity contribution in [1.82, 2.24) is 30.5 Å². The SMILES string of the molecule is C=C/C(=C\C(=C/C)c1ccc2[nH]nc(-c3cc4c(-c5cccnc5)nccc4[nH]3)c2c1)NC(=C)C1CCC1. The third-order valence-electron chi connectivity index (χ3n) is 7.38. The smallest absolute Gasteiger partial charge is 0.116 e. The van der Waals surface area contributed by atoms with Crippen LogP contribution in [-0.4, -0.2) is 25.1 Å². The first-order valence-corrected chi connectivity index (χ1v) is 13.0. The average Bonchev–Trinajstić information content (AvgIpc) is 3.54. The molecule has 0 spiro atoms. The molecule has 38 heavy (non-hydrogen) atoms. The van der Waals surface area contributed by atoms with Crippen molar-refractivity contribution < 1.29 is 0 Å². The number of hydrogen-bond acceptors (Lipinski definition) is 4. The van der Waals surface area contributed by atoms with Crippen molar-refractivity contribution in [2.45, 2.75) is 26.2 Å². The average molecular weight is 499 g/mol. The van der Waals surface area contributed by atoms with Gasteiger partial charge in [-0.1, -0.05) is 31.7 Å². The van der Waals surface area contributed by atoms with Crippen LogP contribution < -0.4 is 5.32 Å². The van der Waals surface area contributed by atoms with E-state index in [-0.39, 0.29) is 0 Å². The molecule has 4 aromatic heterocycles. The van der Waals surface area contributed by atoms with Crippen molar-refractivity contribution in [2.24, 2.45) is 5.92 Å². The van der Waals surface area contributed by atoms with Gasteiger partial charge in [0.2, 0.25) is 0 Å². The van der Waals surface area contributed by atoms with Crippen LogP contribution in [0, 0.1) is 5.92 Å². The summed E-state index contributed by atoms with van der Waals surface area (Å²) in [5.74, 6) is 0.558. The molecule has 0 amide bonds. The lowest BCUT2D eigenvalue weighted by Gasteiger charge is -2.28. The molecular formula is C32H30N6. The van der Waals surface area contributed by atoms with Crippen LogP contribution in [0.1, 0.15) is 31.7 Å². The molecule has 1 saturated carbocycles. The maximum atomic E-state index is 4.68. The van der Waals surface area contributed by atoms with E-state index >= 15 is 0 Å². The lowest BCUT2D eigenvalue weighted by molar-refractivity contribution is 0.356. The molecule has 1 aliphatic rings. The quantitative estimate of drug-likeness (QED) is 0.193. The van der Waals surface area contributed by atoms with Gasteiger partial charge >= 0.3 is 0 Å². The molecule has 1 aromatic carbocycles. The molecule has 188 valence electrons. The summed E-state index contributed by atoms with van der Waals surface area (Å²) in [7, 11) is 0. The summed E-state index contributed by atoms with van der Waals surface area (Å²) in [5, 5.41) is 13.4. The van der Waals surface area contributed by atoms with Crippen molar-refractivity contribution in [3.63, 3.8) is 0 Å². The van der Waals surface area contributed by atoms with Gasteiger partial charge in [-0.15, -0.1) is 0 Å². The maximum Gasteiger partial charge on any atom is 0.116 e. The second-order valence-electron chi connectivity index (χ2n) is 9.70. The number of aromatic amines is 2. The number of hydrogen-bond donors (Lipinski definition) is 3. The molecule has 6 nitrogen and oxygen atoms in total. The van der Waals surface area contributed by atoms with Gasteiger partial charge < -0.3 is 10.3 Å². The Bertz CT molecular complexity index is 1710. The third-order valence-corrected chi connectivity index (χ3v) is 7.38. The molecule has 6 heteroatoms. The van der Waals surface area contributed by atoms with Gasteiger partial charge in [-0.2, -0.15) is 5.10 Å². The van der Waals surface area contributed by atoms with Crippen LogP contribution in [0.2, 0.25) is 0 Å². The molecule has 4 heterocycles. The fraction of sp³-hybridized carbons (Fsp3) is 0.156. The molecule has 1 fully saturated rings. The summed E-state index contributed by atoms with van der Waals surface area (Å²) in [6, 6.07) is 14.4. The monoisotopic (exact) mass is 498 g/mol. The van der Waals surface area contributed by atoms with Gasteiger partial charge in [0.1, 0.15) is 5.69 Å². The van der Waals surface area contributed by atoms with Crippen LogP contribution in [0.25, 0.3) is 50.0 Å². The fourth-order valence-electron chi connectivity index (χ4n) is 5.00. The molecular weight excluding hydrogens is 468 g/mol. The Labute approximate surface area is 221 Å². The van der Waals surface area contributed by atoms with Crippen molar-refractivity contribution >= 4 is 27.4 Å². The predicted molar refractivity (Wildman–Crippen MR) is 156 cm³/mol. The van der Waals surface area contributed by atoms with Gasteiger partial charge in [-0.05, 0) is 85.4 Å². The number of rotatable bonds is 8. The number of benzene rings is 1. The van der Waals surface area contributed by atoms with E-state index in [2.05, 4.69) is 87.0 Å². The topological polar surface area (TPSA) is 82.3 Å². The Morgan fingerprint density at radius 2 is 1.92 bits per heavy atom. The van der Waals surface area contributed by atoms with Crippen molar-refractivity contribution in [3.05, 3.63) is 109 Å². The van der Waals surface area contributed by atoms with Crippen LogP contribution >= 0.6 is 0 Å². The maximum absolute atomic E-state index is 4.68. The standard InChI is InChI=1S/C32H30N6/c1-4-21(16-25(5-2)35-20(3)22-8-6-9-22)23-11-12-29-26(17-23)32(38-37-29)30-18-27-28(36-30)13-15-34-31(27)24-10-7-14-33-19-24/h4-5,7,10-19,22,35-36H,2-3,6,8-9H2,1H3,(H,37,38)/b21-4+,25-16+. The van der Waals surface area contributed by atoms with Crippen molar-refractivity contribution in [3.8, 4) is 22.6 Å². The summed E-state index contributed by atoms with van der Waals surface area (Å²) < 4.78 is 0. The van der Waals surface area contributed by atoms with E-state index in [4.69, 9.17) is 0 Å². The Hall–Kier alpha value is -4.71. The highest BCUT2D eigenvalue weighted by molar-refractivity contribution is 6.00. The van der Waals surface area contributed by atoms with Gasteiger partial charge in [0.15, 0.2) is 0 Å². The lowest BCUT2D eigenvalue weighted by atomic mass is 9.83. The molecule has 0 bridgehead atoms. The highest BCUT2D eigenvalue weighted by Crippen LogP contribution is 2.34. The molecule has 3 N–H and O–H groups in total. The first-order valence-electron chi connectivity index (χ1n) is 13.0. The summed E-state index contributed by atoms with van der Waals surface area (Å²) in [5.41, 5.74) is 9.90. The van der Waals surface area contributed by atoms with E-state index in [1.807, 2.05) is 36.7 Å². The molecule has 0 atom stereocenters. The minimum Gasteiger partial charge on any atom is -0.359 e. The van der Waals surface area contributed by atoms with Crippen LogP contribution in [0.15, 0.2) is 104 Å². The summed E-state index contributed by atoms with van der Waals surface area (Å²) in [6.07, 6.45) is 15.2. The molecule has 6 rings (SSSR count). The van der Waals surface area contributed by atoms with Crippen LogP contribution in [0.4, 0.5) is 0 Å².